The Morgan fingerprint density at radius 1 is 1.36 bits per heavy atom. The number of nitrogens with one attached hydrogen (secondary N) is 1. The van der Waals surface area contributed by atoms with Gasteiger partial charge in [-0.3, -0.25) is 0 Å². The van der Waals surface area contributed by atoms with E-state index in [-0.39, 0.29) is 0 Å². The first kappa shape index (κ1) is 8.30. The zero-order chi connectivity index (χ0) is 9.71. The van der Waals surface area contributed by atoms with E-state index in [9.17, 15) is 0 Å². The molecule has 2 unspecified atom stereocenters. The van der Waals surface area contributed by atoms with E-state index in [2.05, 4.69) is 42.4 Å². The maximum absolute atomic E-state index is 3.47. The minimum absolute atomic E-state index is 0.687. The van der Waals surface area contributed by atoms with Gasteiger partial charge in [-0.05, 0) is 18.6 Å². The van der Waals surface area contributed by atoms with E-state index >= 15 is 0 Å². The maximum Gasteiger partial charge on any atom is 0.0492 e. The summed E-state index contributed by atoms with van der Waals surface area (Å²) in [6, 6.07) is 7.52. The van der Waals surface area contributed by atoms with Crippen LogP contribution >= 0.6 is 0 Å². The van der Waals surface area contributed by atoms with Crippen molar-refractivity contribution in [3.63, 3.8) is 0 Å². The van der Waals surface area contributed by atoms with Gasteiger partial charge >= 0.3 is 0 Å². The fourth-order valence-corrected chi connectivity index (χ4v) is 2.86. The van der Waals surface area contributed by atoms with Crippen molar-refractivity contribution in [2.75, 3.05) is 25.0 Å². The topological polar surface area (TPSA) is 15.3 Å². The standard InChI is InChI=1S/C12H16N2/c1-8-3-4-11-9(5-8)10-6-13-7-12(10)14(11)2/h3-5,10,12-13H,6-7H2,1-2H3. The van der Waals surface area contributed by atoms with Gasteiger partial charge in [0.2, 0.25) is 0 Å². The summed E-state index contributed by atoms with van der Waals surface area (Å²) in [7, 11) is 2.21. The van der Waals surface area contributed by atoms with Gasteiger partial charge in [-0.2, -0.15) is 0 Å². The molecule has 1 aromatic rings. The summed E-state index contributed by atoms with van der Waals surface area (Å²) >= 11 is 0. The summed E-state index contributed by atoms with van der Waals surface area (Å²) in [6.07, 6.45) is 0. The fourth-order valence-electron chi connectivity index (χ4n) is 2.86. The molecule has 1 N–H and O–H groups in total. The third-order valence-corrected chi connectivity index (χ3v) is 3.64. The molecule has 3 rings (SSSR count). The highest BCUT2D eigenvalue weighted by Crippen LogP contribution is 2.41. The molecule has 0 aromatic heterocycles. The van der Waals surface area contributed by atoms with Gasteiger partial charge < -0.3 is 10.2 Å². The average Bonchev–Trinajstić information content (AvgIpc) is 2.71. The van der Waals surface area contributed by atoms with Crippen LogP contribution in [-0.2, 0) is 0 Å². The van der Waals surface area contributed by atoms with Crippen molar-refractivity contribution in [2.24, 2.45) is 0 Å². The van der Waals surface area contributed by atoms with Crippen LogP contribution in [0, 0.1) is 6.92 Å². The Balaban J connectivity index is 2.13. The molecule has 0 spiro atoms. The van der Waals surface area contributed by atoms with Crippen LogP contribution in [0.4, 0.5) is 5.69 Å². The molecule has 14 heavy (non-hydrogen) atoms. The molecule has 0 aliphatic carbocycles. The van der Waals surface area contributed by atoms with Crippen molar-refractivity contribution in [2.45, 2.75) is 18.9 Å². The molecule has 2 aliphatic rings. The summed E-state index contributed by atoms with van der Waals surface area (Å²) in [5.41, 5.74) is 4.36. The molecule has 1 fully saturated rings. The van der Waals surface area contributed by atoms with Crippen LogP contribution in [0.5, 0.6) is 0 Å². The van der Waals surface area contributed by atoms with Crippen LogP contribution < -0.4 is 10.2 Å². The highest BCUT2D eigenvalue weighted by Gasteiger charge is 2.39. The molecule has 0 radical (unpaired) electrons. The Hall–Kier alpha value is -1.02. The van der Waals surface area contributed by atoms with Crippen molar-refractivity contribution in [1.29, 1.82) is 0 Å². The van der Waals surface area contributed by atoms with E-state index in [4.69, 9.17) is 0 Å². The van der Waals surface area contributed by atoms with Crippen molar-refractivity contribution < 1.29 is 0 Å². The Bertz CT molecular complexity index is 373. The first-order valence-corrected chi connectivity index (χ1v) is 5.31. The van der Waals surface area contributed by atoms with E-state index in [0.717, 1.165) is 19.0 Å². The molecule has 2 nitrogen and oxygen atoms in total. The number of aryl methyl sites for hydroxylation is 1. The second-order valence-corrected chi connectivity index (χ2v) is 4.51. The summed E-state index contributed by atoms with van der Waals surface area (Å²) in [6.45, 7) is 4.45. The van der Waals surface area contributed by atoms with Crippen molar-refractivity contribution in [1.82, 2.24) is 5.32 Å². The number of nitrogens with zero attached hydrogens (tertiary/aromatic N) is 1. The molecule has 2 aliphatic heterocycles. The number of rotatable bonds is 0. The maximum atomic E-state index is 3.47. The van der Waals surface area contributed by atoms with Gasteiger partial charge in [-0.25, -0.2) is 0 Å². The van der Waals surface area contributed by atoms with E-state index in [1.54, 1.807) is 5.56 Å². The number of fused-ring (bicyclic) bond motifs is 3. The van der Waals surface area contributed by atoms with Gasteiger partial charge in [0.1, 0.15) is 0 Å². The third-order valence-electron chi connectivity index (χ3n) is 3.64. The van der Waals surface area contributed by atoms with Crippen molar-refractivity contribution in [3.05, 3.63) is 29.3 Å². The van der Waals surface area contributed by atoms with Gasteiger partial charge in [0.15, 0.2) is 0 Å². The smallest absolute Gasteiger partial charge is 0.0492 e. The van der Waals surface area contributed by atoms with Gasteiger partial charge in [0.05, 0.1) is 0 Å². The minimum atomic E-state index is 0.687. The normalized spacial score (nSPS) is 29.1. The van der Waals surface area contributed by atoms with Gasteiger partial charge in [0.25, 0.3) is 0 Å². The van der Waals surface area contributed by atoms with E-state index < -0.39 is 0 Å². The highest BCUT2D eigenvalue weighted by atomic mass is 15.2. The molecule has 2 atom stereocenters. The SMILES string of the molecule is Cc1ccc2c(c1)C1CNCC1N2C. The lowest BCUT2D eigenvalue weighted by atomic mass is 9.97. The average molecular weight is 188 g/mol. The van der Waals surface area contributed by atoms with E-state index in [0.29, 0.717) is 6.04 Å². The first-order valence-electron chi connectivity index (χ1n) is 5.31. The zero-order valence-electron chi connectivity index (χ0n) is 8.75. The van der Waals surface area contributed by atoms with Gasteiger partial charge in [-0.15, -0.1) is 0 Å². The van der Waals surface area contributed by atoms with Crippen LogP contribution in [0.15, 0.2) is 18.2 Å². The van der Waals surface area contributed by atoms with E-state index in [1.165, 1.54) is 11.3 Å². The number of anilines is 1. The van der Waals surface area contributed by atoms with Crippen molar-refractivity contribution >= 4 is 5.69 Å². The molecule has 2 heteroatoms. The Morgan fingerprint density at radius 3 is 3.07 bits per heavy atom. The molecule has 0 saturated carbocycles. The van der Waals surface area contributed by atoms with Crippen molar-refractivity contribution in [3.8, 4) is 0 Å². The van der Waals surface area contributed by atoms with Crippen LogP contribution in [0.1, 0.15) is 17.0 Å². The number of hydrogen-bond acceptors (Lipinski definition) is 2. The molecule has 0 bridgehead atoms. The summed E-state index contributed by atoms with van der Waals surface area (Å²) in [5.74, 6) is 0.717. The quantitative estimate of drug-likeness (QED) is 0.663. The molecular weight excluding hydrogens is 172 g/mol. The highest BCUT2D eigenvalue weighted by molar-refractivity contribution is 5.63. The molecule has 1 saturated heterocycles. The molecular formula is C12H16N2. The molecule has 0 amide bonds. The molecule has 2 heterocycles. The number of hydrogen-bond donors (Lipinski definition) is 1. The monoisotopic (exact) mass is 188 g/mol. The number of likely N-dealkylation sites (N-methyl/N-ethyl adjacent to an activating group) is 1. The Kier molecular flexibility index (Phi) is 1.62. The van der Waals surface area contributed by atoms with Gasteiger partial charge in [0, 0.05) is 37.8 Å². The lowest BCUT2D eigenvalue weighted by molar-refractivity contribution is 0.663. The summed E-state index contributed by atoms with van der Waals surface area (Å²) in [5, 5.41) is 3.47. The second-order valence-electron chi connectivity index (χ2n) is 4.51. The second kappa shape index (κ2) is 2.74. The fraction of sp³-hybridized carbons (Fsp3) is 0.500. The van der Waals surface area contributed by atoms with E-state index in [1.807, 2.05) is 0 Å². The number of benzene rings is 1. The van der Waals surface area contributed by atoms with Crippen LogP contribution in [0.2, 0.25) is 0 Å². The largest absolute Gasteiger partial charge is 0.369 e. The van der Waals surface area contributed by atoms with Crippen LogP contribution in [0.25, 0.3) is 0 Å². The minimum Gasteiger partial charge on any atom is -0.369 e. The van der Waals surface area contributed by atoms with Crippen LogP contribution in [-0.4, -0.2) is 26.2 Å². The zero-order valence-corrected chi connectivity index (χ0v) is 8.75. The predicted octanol–water partition coefficient (Wildman–Crippen LogP) is 1.50. The van der Waals surface area contributed by atoms with Crippen LogP contribution in [0.3, 0.4) is 0 Å². The Morgan fingerprint density at radius 2 is 2.21 bits per heavy atom. The molecule has 74 valence electrons. The van der Waals surface area contributed by atoms with Gasteiger partial charge in [-0.1, -0.05) is 17.7 Å². The Labute approximate surface area is 84.9 Å². The molecule has 1 aromatic carbocycles. The summed E-state index contributed by atoms with van der Waals surface area (Å²) < 4.78 is 0. The first-order chi connectivity index (χ1) is 6.77. The predicted molar refractivity (Wildman–Crippen MR) is 59.0 cm³/mol. The lowest BCUT2D eigenvalue weighted by Gasteiger charge is -2.20. The third kappa shape index (κ3) is 0.947. The lowest BCUT2D eigenvalue weighted by Crippen LogP contribution is -2.31. The summed E-state index contributed by atoms with van der Waals surface area (Å²) in [4.78, 5) is 2.43.